The van der Waals surface area contributed by atoms with Gasteiger partial charge in [0.05, 0.1) is 24.2 Å². The van der Waals surface area contributed by atoms with Crippen LogP contribution in [0.3, 0.4) is 0 Å². The lowest BCUT2D eigenvalue weighted by molar-refractivity contribution is -0.258. The van der Waals surface area contributed by atoms with Crippen molar-refractivity contribution in [1.82, 2.24) is 9.29 Å². The number of benzene rings is 1. The van der Waals surface area contributed by atoms with E-state index in [4.69, 9.17) is 17.0 Å². The minimum atomic E-state index is -4.83. The molecule has 1 aliphatic carbocycles. The number of aromatic nitrogens is 1. The van der Waals surface area contributed by atoms with Gasteiger partial charge in [-0.2, -0.15) is 17.5 Å². The van der Waals surface area contributed by atoms with Crippen molar-refractivity contribution in [3.05, 3.63) is 83.1 Å². The molecular weight excluding hydrogens is 539 g/mol. The first kappa shape index (κ1) is 28.4. The molecule has 2 heterocycles. The Labute approximate surface area is 225 Å². The molecule has 2 aliphatic rings. The monoisotopic (exact) mass is 567 g/mol. The van der Waals surface area contributed by atoms with Crippen LogP contribution in [0.4, 0.5) is 18.9 Å². The number of ether oxygens (including phenoxy) is 1. The second kappa shape index (κ2) is 11.2. The zero-order chi connectivity index (χ0) is 27.6. The van der Waals surface area contributed by atoms with Crippen molar-refractivity contribution >= 4 is 32.8 Å². The van der Waals surface area contributed by atoms with Crippen LogP contribution in [0.15, 0.2) is 71.9 Å². The molecule has 1 N–H and O–H groups in total. The molecule has 7 nitrogen and oxygen atoms in total. The third-order valence-electron chi connectivity index (χ3n) is 6.64. The van der Waals surface area contributed by atoms with Crippen LogP contribution in [0.5, 0.6) is 0 Å². The van der Waals surface area contributed by atoms with Crippen LogP contribution in [-0.4, -0.2) is 66.1 Å². The van der Waals surface area contributed by atoms with Crippen LogP contribution in [0.1, 0.15) is 24.5 Å². The number of nitrogens with zero attached hydrogens (tertiary/aromatic N) is 3. The molecule has 0 bridgehead atoms. The van der Waals surface area contributed by atoms with Gasteiger partial charge in [-0.25, -0.2) is 8.42 Å². The first-order valence-electron chi connectivity index (χ1n) is 11.9. The molecular formula is C26H28F3N3O4S2. The summed E-state index contributed by atoms with van der Waals surface area (Å²) in [5.41, 5.74) is -1.84. The summed E-state index contributed by atoms with van der Waals surface area (Å²) >= 11 is 5.30. The number of aliphatic hydroxyl groups is 1. The van der Waals surface area contributed by atoms with E-state index >= 15 is 0 Å². The van der Waals surface area contributed by atoms with E-state index in [1.165, 1.54) is 34.6 Å². The largest absolute Gasteiger partial charge is 0.421 e. The van der Waals surface area contributed by atoms with Crippen molar-refractivity contribution in [1.29, 1.82) is 0 Å². The Kier molecular flexibility index (Phi) is 8.38. The number of alkyl halides is 3. The van der Waals surface area contributed by atoms with Crippen LogP contribution in [0.2, 0.25) is 0 Å². The summed E-state index contributed by atoms with van der Waals surface area (Å²) in [6.07, 6.45) is 3.84. The number of hydrogen-bond acceptors (Lipinski definition) is 7. The zero-order valence-corrected chi connectivity index (χ0v) is 22.3. The topological polar surface area (TPSA) is 83.0 Å². The van der Waals surface area contributed by atoms with Gasteiger partial charge in [0.2, 0.25) is 10.0 Å². The summed E-state index contributed by atoms with van der Waals surface area (Å²) in [5.74, 6) is 0. The standard InChI is InChI=1S/C26H28F3N3O4S2/c1-25(33,26(27,28)29)20-8-10-21(11-9-20)32-14-13-31(38(34,35)24-7-3-2-6-23(24)37)16-22(32)18-36-17-19-5-4-12-30-15-19/h2-5,7-12,15,22,33H,6,13-14,16-18H2,1H3/t22-,25+/m1/s1. The van der Waals surface area contributed by atoms with Crippen molar-refractivity contribution in [3.8, 4) is 0 Å². The first-order valence-corrected chi connectivity index (χ1v) is 13.8. The number of thiocarbonyl (C=S) groups is 1. The van der Waals surface area contributed by atoms with E-state index in [1.807, 2.05) is 11.0 Å². The predicted molar refractivity (Wildman–Crippen MR) is 142 cm³/mol. The Morgan fingerprint density at radius 3 is 2.55 bits per heavy atom. The molecule has 1 aromatic heterocycles. The summed E-state index contributed by atoms with van der Waals surface area (Å²) in [5, 5.41) is 10.0. The van der Waals surface area contributed by atoms with E-state index < -0.39 is 27.8 Å². The van der Waals surface area contributed by atoms with Crippen LogP contribution in [-0.2, 0) is 27.0 Å². The summed E-state index contributed by atoms with van der Waals surface area (Å²) in [7, 11) is -3.84. The summed E-state index contributed by atoms with van der Waals surface area (Å²) < 4.78 is 74.0. The van der Waals surface area contributed by atoms with Crippen LogP contribution < -0.4 is 4.90 Å². The zero-order valence-electron chi connectivity index (χ0n) is 20.6. The molecule has 0 saturated carbocycles. The highest BCUT2D eigenvalue weighted by atomic mass is 32.2. The highest BCUT2D eigenvalue weighted by Crippen LogP contribution is 2.39. The van der Waals surface area contributed by atoms with Gasteiger partial charge in [0.1, 0.15) is 0 Å². The van der Waals surface area contributed by atoms with Gasteiger partial charge in [0, 0.05) is 49.0 Å². The Hall–Kier alpha value is -2.64. The quantitative estimate of drug-likeness (QED) is 0.481. The smallest absolute Gasteiger partial charge is 0.376 e. The van der Waals surface area contributed by atoms with Crippen molar-refractivity contribution in [2.24, 2.45) is 0 Å². The van der Waals surface area contributed by atoms with Crippen LogP contribution >= 0.6 is 12.2 Å². The summed E-state index contributed by atoms with van der Waals surface area (Å²) in [6.45, 7) is 1.67. The van der Waals surface area contributed by atoms with Gasteiger partial charge in [0.25, 0.3) is 0 Å². The molecule has 1 aliphatic heterocycles. The van der Waals surface area contributed by atoms with Crippen molar-refractivity contribution in [2.75, 3.05) is 31.1 Å². The number of rotatable bonds is 8. The number of sulfonamides is 1. The molecule has 4 rings (SSSR count). The van der Waals surface area contributed by atoms with Crippen LogP contribution in [0.25, 0.3) is 0 Å². The molecule has 0 radical (unpaired) electrons. The number of anilines is 1. The Morgan fingerprint density at radius 2 is 1.92 bits per heavy atom. The number of hydrogen-bond donors (Lipinski definition) is 1. The second-order valence-electron chi connectivity index (χ2n) is 9.29. The SMILES string of the molecule is C[C@](O)(c1ccc(N2CCN(S(=O)(=O)C3=CC=CCC3=S)C[C@@H]2COCc2cccnc2)cc1)C(F)(F)F. The first-order chi connectivity index (χ1) is 17.9. The molecule has 2 atom stereocenters. The molecule has 204 valence electrons. The highest BCUT2D eigenvalue weighted by Gasteiger charge is 2.51. The molecule has 38 heavy (non-hydrogen) atoms. The lowest BCUT2D eigenvalue weighted by atomic mass is 9.95. The van der Waals surface area contributed by atoms with E-state index in [2.05, 4.69) is 4.98 Å². The van der Waals surface area contributed by atoms with Gasteiger partial charge in [-0.3, -0.25) is 4.98 Å². The molecule has 2 aromatic rings. The van der Waals surface area contributed by atoms with Gasteiger partial charge in [-0.1, -0.05) is 42.6 Å². The number of halogens is 3. The van der Waals surface area contributed by atoms with E-state index in [-0.39, 0.29) is 43.3 Å². The molecule has 0 spiro atoms. The fraction of sp³-hybridized carbons (Fsp3) is 0.385. The Balaban J connectivity index is 1.56. The molecule has 0 unspecified atom stereocenters. The molecule has 1 aromatic carbocycles. The maximum atomic E-state index is 13.4. The van der Waals surface area contributed by atoms with E-state index in [9.17, 15) is 26.7 Å². The van der Waals surface area contributed by atoms with Crippen molar-refractivity contribution in [3.63, 3.8) is 0 Å². The molecule has 1 fully saturated rings. The number of allylic oxidation sites excluding steroid dienone is 4. The predicted octanol–water partition coefficient (Wildman–Crippen LogP) is 4.10. The van der Waals surface area contributed by atoms with Crippen LogP contribution in [0, 0.1) is 0 Å². The fourth-order valence-electron chi connectivity index (χ4n) is 4.36. The highest BCUT2D eigenvalue weighted by molar-refractivity contribution is 7.96. The average molecular weight is 568 g/mol. The minimum absolute atomic E-state index is 0.0983. The summed E-state index contributed by atoms with van der Waals surface area (Å²) in [6, 6.07) is 8.67. The Morgan fingerprint density at radius 1 is 1.18 bits per heavy atom. The van der Waals surface area contributed by atoms with Crippen molar-refractivity contribution < 1.29 is 31.4 Å². The lowest BCUT2D eigenvalue weighted by Gasteiger charge is -2.42. The second-order valence-corrected chi connectivity index (χ2v) is 11.7. The lowest BCUT2D eigenvalue weighted by Crippen LogP contribution is -2.57. The third-order valence-corrected chi connectivity index (χ3v) is 9.11. The normalized spacial score (nSPS) is 20.8. The van der Waals surface area contributed by atoms with Gasteiger partial charge < -0.3 is 14.7 Å². The van der Waals surface area contributed by atoms with Gasteiger partial charge >= 0.3 is 6.18 Å². The van der Waals surface area contributed by atoms with E-state index in [0.717, 1.165) is 5.56 Å². The van der Waals surface area contributed by atoms with Gasteiger partial charge in [0.15, 0.2) is 5.60 Å². The van der Waals surface area contributed by atoms with E-state index in [1.54, 1.807) is 30.6 Å². The van der Waals surface area contributed by atoms with E-state index in [0.29, 0.717) is 23.9 Å². The number of piperazine rings is 1. The Bertz CT molecular complexity index is 1310. The summed E-state index contributed by atoms with van der Waals surface area (Å²) in [4.78, 5) is 6.43. The fourth-order valence-corrected chi connectivity index (χ4v) is 6.43. The minimum Gasteiger partial charge on any atom is -0.376 e. The maximum absolute atomic E-state index is 13.4. The molecule has 0 amide bonds. The van der Waals surface area contributed by atoms with Gasteiger partial charge in [-0.05, 0) is 42.3 Å². The van der Waals surface area contributed by atoms with Crippen molar-refractivity contribution in [2.45, 2.75) is 37.8 Å². The molecule has 1 saturated heterocycles. The number of pyridine rings is 1. The third kappa shape index (κ3) is 5.99. The molecule has 12 heteroatoms. The van der Waals surface area contributed by atoms with Gasteiger partial charge in [-0.15, -0.1) is 0 Å². The maximum Gasteiger partial charge on any atom is 0.421 e. The average Bonchev–Trinajstić information content (AvgIpc) is 2.89.